The third-order valence-electron chi connectivity index (χ3n) is 2.73. The van der Waals surface area contributed by atoms with Crippen LogP contribution in [-0.2, 0) is 14.3 Å². The number of carbonyl (C=O) groups is 1. The maximum absolute atomic E-state index is 11.2. The highest BCUT2D eigenvalue weighted by molar-refractivity contribution is 5.81. The van der Waals surface area contributed by atoms with E-state index in [9.17, 15) is 4.79 Å². The van der Waals surface area contributed by atoms with Crippen molar-refractivity contribution in [2.24, 2.45) is 5.92 Å². The van der Waals surface area contributed by atoms with Crippen molar-refractivity contribution >= 4 is 5.78 Å². The third-order valence-corrected chi connectivity index (χ3v) is 2.73. The predicted molar refractivity (Wildman–Crippen MR) is 42.7 cm³/mol. The van der Waals surface area contributed by atoms with E-state index in [1.807, 2.05) is 6.92 Å². The first-order valence-corrected chi connectivity index (χ1v) is 4.52. The van der Waals surface area contributed by atoms with Crippen LogP contribution < -0.4 is 0 Å². The first-order chi connectivity index (χ1) is 5.72. The van der Waals surface area contributed by atoms with Crippen LogP contribution in [0.5, 0.6) is 0 Å². The van der Waals surface area contributed by atoms with Crippen LogP contribution in [0, 0.1) is 5.92 Å². The Balaban J connectivity index is 2.05. The summed E-state index contributed by atoms with van der Waals surface area (Å²) in [5.74, 6) is 0.0597. The molecule has 0 aromatic rings. The lowest BCUT2D eigenvalue weighted by Gasteiger charge is -2.33. The van der Waals surface area contributed by atoms with Crippen molar-refractivity contribution in [1.82, 2.24) is 0 Å². The molecule has 1 atom stereocenters. The van der Waals surface area contributed by atoms with Crippen LogP contribution in [-0.4, -0.2) is 24.8 Å². The standard InChI is InChI=1S/C9H14O3/c1-7-6-9(3-2-8(7)10)11-4-5-12-9/h7H,2-6H2,1H3. The Kier molecular flexibility index (Phi) is 1.93. The molecule has 0 radical (unpaired) electrons. The second kappa shape index (κ2) is 2.82. The summed E-state index contributed by atoms with van der Waals surface area (Å²) >= 11 is 0. The van der Waals surface area contributed by atoms with Gasteiger partial charge in [0.2, 0.25) is 0 Å². The Hall–Kier alpha value is -0.410. The van der Waals surface area contributed by atoms with Crippen LogP contribution in [0.3, 0.4) is 0 Å². The quantitative estimate of drug-likeness (QED) is 0.546. The maximum Gasteiger partial charge on any atom is 0.169 e. The van der Waals surface area contributed by atoms with E-state index in [1.54, 1.807) is 0 Å². The van der Waals surface area contributed by atoms with E-state index in [0.29, 0.717) is 25.4 Å². The van der Waals surface area contributed by atoms with Crippen molar-refractivity contribution in [2.75, 3.05) is 13.2 Å². The lowest BCUT2D eigenvalue weighted by atomic mass is 9.85. The molecule has 68 valence electrons. The maximum atomic E-state index is 11.2. The van der Waals surface area contributed by atoms with Crippen molar-refractivity contribution < 1.29 is 14.3 Å². The first kappa shape index (κ1) is 8.20. The fourth-order valence-electron chi connectivity index (χ4n) is 2.00. The van der Waals surface area contributed by atoms with E-state index in [1.165, 1.54) is 0 Å². The van der Waals surface area contributed by atoms with Gasteiger partial charge in [-0.05, 0) is 0 Å². The molecule has 1 aliphatic carbocycles. The first-order valence-electron chi connectivity index (χ1n) is 4.52. The summed E-state index contributed by atoms with van der Waals surface area (Å²) in [6, 6.07) is 0. The number of carbonyl (C=O) groups excluding carboxylic acids is 1. The number of hydrogen-bond acceptors (Lipinski definition) is 3. The molecule has 1 saturated heterocycles. The average Bonchev–Trinajstić information content (AvgIpc) is 2.47. The predicted octanol–water partition coefficient (Wildman–Crippen LogP) is 1.12. The Bertz CT molecular complexity index is 194. The van der Waals surface area contributed by atoms with Crippen molar-refractivity contribution in [1.29, 1.82) is 0 Å². The summed E-state index contributed by atoms with van der Waals surface area (Å²) in [6.45, 7) is 3.32. The van der Waals surface area contributed by atoms with Gasteiger partial charge in [0, 0.05) is 25.2 Å². The minimum atomic E-state index is -0.396. The molecule has 3 heteroatoms. The Morgan fingerprint density at radius 2 is 2.08 bits per heavy atom. The molecule has 1 aliphatic heterocycles. The number of rotatable bonds is 0. The van der Waals surface area contributed by atoms with Gasteiger partial charge in [0.25, 0.3) is 0 Å². The van der Waals surface area contributed by atoms with E-state index >= 15 is 0 Å². The SMILES string of the molecule is CC1CC2(CCC1=O)OCCO2. The van der Waals surface area contributed by atoms with E-state index < -0.39 is 5.79 Å². The highest BCUT2D eigenvalue weighted by Crippen LogP contribution is 2.36. The molecule has 2 rings (SSSR count). The fraction of sp³-hybridized carbons (Fsp3) is 0.889. The molecule has 2 aliphatic rings. The van der Waals surface area contributed by atoms with Gasteiger partial charge in [-0.3, -0.25) is 4.79 Å². The molecule has 0 amide bonds. The molecule has 1 spiro atoms. The summed E-state index contributed by atoms with van der Waals surface area (Å²) in [5, 5.41) is 0. The number of Topliss-reactive ketones (excluding diaryl/α,β-unsaturated/α-hetero) is 1. The third kappa shape index (κ3) is 1.27. The topological polar surface area (TPSA) is 35.5 Å². The molecule has 0 aromatic heterocycles. The van der Waals surface area contributed by atoms with Crippen molar-refractivity contribution in [3.8, 4) is 0 Å². The van der Waals surface area contributed by atoms with Crippen molar-refractivity contribution in [3.05, 3.63) is 0 Å². The summed E-state index contributed by atoms with van der Waals surface area (Å²) < 4.78 is 11.1. The van der Waals surface area contributed by atoms with E-state index in [2.05, 4.69) is 0 Å². The zero-order chi connectivity index (χ0) is 8.60. The summed E-state index contributed by atoms with van der Waals surface area (Å²) in [5.41, 5.74) is 0. The van der Waals surface area contributed by atoms with E-state index in [4.69, 9.17) is 9.47 Å². The second-order valence-corrected chi connectivity index (χ2v) is 3.68. The average molecular weight is 170 g/mol. The highest BCUT2D eigenvalue weighted by Gasteiger charge is 2.42. The van der Waals surface area contributed by atoms with Crippen molar-refractivity contribution in [2.45, 2.75) is 32.0 Å². The van der Waals surface area contributed by atoms with Gasteiger partial charge in [-0.15, -0.1) is 0 Å². The lowest BCUT2D eigenvalue weighted by molar-refractivity contribution is -0.187. The summed E-state index contributed by atoms with van der Waals surface area (Å²) in [7, 11) is 0. The fourth-order valence-corrected chi connectivity index (χ4v) is 2.00. The molecule has 0 bridgehead atoms. The van der Waals surface area contributed by atoms with Crippen LogP contribution in [0.25, 0.3) is 0 Å². The smallest absolute Gasteiger partial charge is 0.169 e. The van der Waals surface area contributed by atoms with Gasteiger partial charge in [0.15, 0.2) is 5.79 Å². The highest BCUT2D eigenvalue weighted by atomic mass is 16.7. The minimum Gasteiger partial charge on any atom is -0.347 e. The van der Waals surface area contributed by atoms with Crippen LogP contribution >= 0.6 is 0 Å². The molecular formula is C9H14O3. The molecule has 1 unspecified atom stereocenters. The monoisotopic (exact) mass is 170 g/mol. The lowest BCUT2D eigenvalue weighted by Crippen LogP contribution is -2.39. The largest absolute Gasteiger partial charge is 0.347 e. The molecule has 0 aromatic carbocycles. The minimum absolute atomic E-state index is 0.108. The molecule has 1 heterocycles. The second-order valence-electron chi connectivity index (χ2n) is 3.68. The van der Waals surface area contributed by atoms with E-state index in [-0.39, 0.29) is 5.92 Å². The summed E-state index contributed by atoms with van der Waals surface area (Å²) in [4.78, 5) is 11.2. The number of ketones is 1. The van der Waals surface area contributed by atoms with Gasteiger partial charge >= 0.3 is 0 Å². The van der Waals surface area contributed by atoms with Gasteiger partial charge in [-0.2, -0.15) is 0 Å². The molecule has 2 fully saturated rings. The zero-order valence-corrected chi connectivity index (χ0v) is 7.34. The van der Waals surface area contributed by atoms with Gasteiger partial charge in [-0.1, -0.05) is 6.92 Å². The molecule has 1 saturated carbocycles. The van der Waals surface area contributed by atoms with Gasteiger partial charge < -0.3 is 9.47 Å². The number of ether oxygens (including phenoxy) is 2. The van der Waals surface area contributed by atoms with E-state index in [0.717, 1.165) is 12.8 Å². The van der Waals surface area contributed by atoms with Gasteiger partial charge in [0.1, 0.15) is 5.78 Å². The van der Waals surface area contributed by atoms with Crippen molar-refractivity contribution in [3.63, 3.8) is 0 Å². The molecule has 0 N–H and O–H groups in total. The normalized spacial score (nSPS) is 34.4. The Morgan fingerprint density at radius 3 is 2.67 bits per heavy atom. The molecule has 12 heavy (non-hydrogen) atoms. The van der Waals surface area contributed by atoms with Gasteiger partial charge in [-0.25, -0.2) is 0 Å². The zero-order valence-electron chi connectivity index (χ0n) is 7.34. The Morgan fingerprint density at radius 1 is 1.42 bits per heavy atom. The van der Waals surface area contributed by atoms with Crippen LogP contribution in [0.1, 0.15) is 26.2 Å². The molecular weight excluding hydrogens is 156 g/mol. The summed E-state index contributed by atoms with van der Waals surface area (Å²) in [6.07, 6.45) is 2.10. The van der Waals surface area contributed by atoms with Crippen LogP contribution in [0.2, 0.25) is 0 Å². The Labute approximate surface area is 72.0 Å². The number of hydrogen-bond donors (Lipinski definition) is 0. The molecule has 3 nitrogen and oxygen atoms in total. The van der Waals surface area contributed by atoms with Crippen LogP contribution in [0.15, 0.2) is 0 Å². The van der Waals surface area contributed by atoms with Crippen LogP contribution in [0.4, 0.5) is 0 Å². The van der Waals surface area contributed by atoms with Gasteiger partial charge in [0.05, 0.1) is 13.2 Å².